The van der Waals surface area contributed by atoms with Crippen LogP contribution in [0.1, 0.15) is 26.4 Å². The SMILES string of the molecule is Cc1ccc(F)cc1NC(=O)c1sc2ncn(Cc3ccccc3Cl)c(=O)c2c1C. The maximum atomic E-state index is 13.5. The molecule has 0 aliphatic carbocycles. The van der Waals surface area contributed by atoms with Crippen molar-refractivity contribution in [2.75, 3.05) is 5.32 Å². The van der Waals surface area contributed by atoms with Gasteiger partial charge in [-0.05, 0) is 48.7 Å². The zero-order valence-corrected chi connectivity index (χ0v) is 17.8. The highest BCUT2D eigenvalue weighted by Gasteiger charge is 2.20. The molecule has 0 aliphatic heterocycles. The average molecular weight is 442 g/mol. The number of hydrogen-bond acceptors (Lipinski definition) is 4. The number of benzene rings is 2. The third kappa shape index (κ3) is 3.74. The first-order valence-corrected chi connectivity index (χ1v) is 10.3. The third-order valence-corrected chi connectivity index (χ3v) is 6.44. The van der Waals surface area contributed by atoms with Crippen molar-refractivity contribution in [1.82, 2.24) is 9.55 Å². The van der Waals surface area contributed by atoms with Gasteiger partial charge < -0.3 is 5.32 Å². The molecule has 30 heavy (non-hydrogen) atoms. The van der Waals surface area contributed by atoms with E-state index in [1.165, 1.54) is 23.0 Å². The van der Waals surface area contributed by atoms with Crippen molar-refractivity contribution in [3.63, 3.8) is 0 Å². The molecule has 0 unspecified atom stereocenters. The molecule has 0 saturated heterocycles. The summed E-state index contributed by atoms with van der Waals surface area (Å²) in [4.78, 5) is 31.1. The van der Waals surface area contributed by atoms with Crippen LogP contribution in [0.15, 0.2) is 53.6 Å². The average Bonchev–Trinajstić information content (AvgIpc) is 3.06. The number of nitrogens with one attached hydrogen (secondary N) is 1. The van der Waals surface area contributed by atoms with Crippen LogP contribution in [0.5, 0.6) is 0 Å². The zero-order chi connectivity index (χ0) is 21.4. The van der Waals surface area contributed by atoms with E-state index in [9.17, 15) is 14.0 Å². The number of aryl methyl sites for hydroxylation is 2. The first-order chi connectivity index (χ1) is 14.3. The van der Waals surface area contributed by atoms with Gasteiger partial charge in [0.05, 0.1) is 23.1 Å². The second-order valence-corrected chi connectivity index (χ2v) is 8.33. The predicted octanol–water partition coefficient (Wildman–Crippen LogP) is 5.17. The number of amides is 1. The molecule has 0 fully saturated rings. The van der Waals surface area contributed by atoms with Crippen molar-refractivity contribution in [3.8, 4) is 0 Å². The number of carbonyl (C=O) groups is 1. The second-order valence-electron chi connectivity index (χ2n) is 6.92. The van der Waals surface area contributed by atoms with Crippen LogP contribution < -0.4 is 10.9 Å². The van der Waals surface area contributed by atoms with Crippen molar-refractivity contribution >= 4 is 44.7 Å². The van der Waals surface area contributed by atoms with Crippen LogP contribution in [0.3, 0.4) is 0 Å². The lowest BCUT2D eigenvalue weighted by Crippen LogP contribution is -2.21. The first-order valence-electron chi connectivity index (χ1n) is 9.14. The summed E-state index contributed by atoms with van der Waals surface area (Å²) in [6, 6.07) is 11.5. The summed E-state index contributed by atoms with van der Waals surface area (Å²) in [7, 11) is 0. The topological polar surface area (TPSA) is 64.0 Å². The molecule has 1 N–H and O–H groups in total. The summed E-state index contributed by atoms with van der Waals surface area (Å²) in [6.07, 6.45) is 1.46. The lowest BCUT2D eigenvalue weighted by atomic mass is 10.1. The Morgan fingerprint density at radius 1 is 1.23 bits per heavy atom. The number of halogens is 2. The van der Waals surface area contributed by atoms with Gasteiger partial charge in [-0.3, -0.25) is 14.2 Å². The lowest BCUT2D eigenvalue weighted by molar-refractivity contribution is 0.103. The molecular formula is C22H17ClFN3O2S. The fourth-order valence-corrected chi connectivity index (χ4v) is 4.44. The summed E-state index contributed by atoms with van der Waals surface area (Å²) in [5.74, 6) is -0.839. The second kappa shape index (κ2) is 8.01. The quantitative estimate of drug-likeness (QED) is 0.475. The lowest BCUT2D eigenvalue weighted by Gasteiger charge is -2.08. The minimum Gasteiger partial charge on any atom is -0.321 e. The molecular weight excluding hydrogens is 425 g/mol. The van der Waals surface area contributed by atoms with E-state index < -0.39 is 11.7 Å². The zero-order valence-electron chi connectivity index (χ0n) is 16.2. The number of fused-ring (bicyclic) bond motifs is 1. The summed E-state index contributed by atoms with van der Waals surface area (Å²) in [6.45, 7) is 3.78. The summed E-state index contributed by atoms with van der Waals surface area (Å²) < 4.78 is 15.0. The standard InChI is InChI=1S/C22H17ClFN3O2S/c1-12-7-8-15(24)9-17(12)26-20(28)19-13(2)18-21(30-19)25-11-27(22(18)29)10-14-5-3-4-6-16(14)23/h3-9,11H,10H2,1-2H3,(H,26,28). The Balaban J connectivity index is 1.71. The fraction of sp³-hybridized carbons (Fsp3) is 0.136. The molecule has 0 bridgehead atoms. The van der Waals surface area contributed by atoms with Crippen LogP contribution in [0.2, 0.25) is 5.02 Å². The molecule has 0 saturated carbocycles. The third-order valence-electron chi connectivity index (χ3n) is 4.87. The van der Waals surface area contributed by atoms with Crippen LogP contribution in [0, 0.1) is 19.7 Å². The number of rotatable bonds is 4. The van der Waals surface area contributed by atoms with E-state index in [1.807, 2.05) is 18.2 Å². The van der Waals surface area contributed by atoms with E-state index in [0.29, 0.717) is 31.4 Å². The molecule has 0 radical (unpaired) electrons. The number of thiophene rings is 1. The van der Waals surface area contributed by atoms with Crippen LogP contribution in [-0.2, 0) is 6.54 Å². The Kier molecular flexibility index (Phi) is 5.40. The maximum Gasteiger partial charge on any atom is 0.266 e. The van der Waals surface area contributed by atoms with E-state index in [0.717, 1.165) is 22.5 Å². The van der Waals surface area contributed by atoms with Gasteiger partial charge in [0.25, 0.3) is 11.5 Å². The number of hydrogen-bond donors (Lipinski definition) is 1. The summed E-state index contributed by atoms with van der Waals surface area (Å²) in [5, 5.41) is 3.69. The summed E-state index contributed by atoms with van der Waals surface area (Å²) >= 11 is 7.35. The van der Waals surface area contributed by atoms with Crippen molar-refractivity contribution in [2.24, 2.45) is 0 Å². The first kappa shape index (κ1) is 20.3. The highest BCUT2D eigenvalue weighted by atomic mass is 35.5. The van der Waals surface area contributed by atoms with Gasteiger partial charge in [-0.25, -0.2) is 9.37 Å². The fourth-order valence-electron chi connectivity index (χ4n) is 3.21. The summed E-state index contributed by atoms with van der Waals surface area (Å²) in [5.41, 5.74) is 2.24. The van der Waals surface area contributed by atoms with Crippen LogP contribution in [-0.4, -0.2) is 15.5 Å². The van der Waals surface area contributed by atoms with Gasteiger partial charge >= 0.3 is 0 Å². The predicted molar refractivity (Wildman–Crippen MR) is 118 cm³/mol. The number of aromatic nitrogens is 2. The molecule has 4 aromatic rings. The van der Waals surface area contributed by atoms with Gasteiger partial charge in [0, 0.05) is 10.7 Å². The van der Waals surface area contributed by atoms with E-state index >= 15 is 0 Å². The van der Waals surface area contributed by atoms with Gasteiger partial charge in [0.2, 0.25) is 0 Å². The van der Waals surface area contributed by atoms with Crippen molar-refractivity contribution in [1.29, 1.82) is 0 Å². The van der Waals surface area contributed by atoms with E-state index in [2.05, 4.69) is 10.3 Å². The largest absolute Gasteiger partial charge is 0.321 e. The van der Waals surface area contributed by atoms with Crippen molar-refractivity contribution in [2.45, 2.75) is 20.4 Å². The van der Waals surface area contributed by atoms with E-state index in [-0.39, 0.29) is 12.1 Å². The number of carbonyl (C=O) groups excluding carboxylic acids is 1. The molecule has 2 aromatic carbocycles. The monoisotopic (exact) mass is 441 g/mol. The Hall–Kier alpha value is -3.03. The van der Waals surface area contributed by atoms with Crippen molar-refractivity contribution < 1.29 is 9.18 Å². The van der Waals surface area contributed by atoms with Crippen LogP contribution in [0.4, 0.5) is 10.1 Å². The Bertz CT molecular complexity index is 1350. The van der Waals surface area contributed by atoms with Gasteiger partial charge in [-0.1, -0.05) is 35.9 Å². The molecule has 0 atom stereocenters. The molecule has 0 aliphatic rings. The number of nitrogens with zero attached hydrogens (tertiary/aromatic N) is 2. The molecule has 1 amide bonds. The Labute approximate surface area is 180 Å². The highest BCUT2D eigenvalue weighted by molar-refractivity contribution is 7.20. The van der Waals surface area contributed by atoms with Crippen LogP contribution in [0.25, 0.3) is 10.2 Å². The van der Waals surface area contributed by atoms with Crippen LogP contribution >= 0.6 is 22.9 Å². The van der Waals surface area contributed by atoms with E-state index in [1.54, 1.807) is 26.0 Å². The molecule has 0 spiro atoms. The Morgan fingerprint density at radius 3 is 2.77 bits per heavy atom. The molecule has 2 aromatic heterocycles. The number of anilines is 1. The van der Waals surface area contributed by atoms with Gasteiger partial charge in [-0.2, -0.15) is 0 Å². The molecule has 5 nitrogen and oxygen atoms in total. The molecule has 2 heterocycles. The molecule has 4 rings (SSSR count). The normalized spacial score (nSPS) is 11.1. The van der Waals surface area contributed by atoms with Gasteiger partial charge in [-0.15, -0.1) is 11.3 Å². The minimum atomic E-state index is -0.437. The van der Waals surface area contributed by atoms with Gasteiger partial charge in [0.15, 0.2) is 0 Å². The molecule has 152 valence electrons. The van der Waals surface area contributed by atoms with Gasteiger partial charge in [0.1, 0.15) is 10.6 Å². The minimum absolute atomic E-state index is 0.241. The maximum absolute atomic E-state index is 13.5. The smallest absolute Gasteiger partial charge is 0.266 e. The highest BCUT2D eigenvalue weighted by Crippen LogP contribution is 2.28. The van der Waals surface area contributed by atoms with E-state index in [4.69, 9.17) is 11.6 Å². The Morgan fingerprint density at radius 2 is 2.00 bits per heavy atom. The van der Waals surface area contributed by atoms with Crippen molar-refractivity contribution in [3.05, 3.63) is 91.6 Å². The molecule has 8 heteroatoms.